The summed E-state index contributed by atoms with van der Waals surface area (Å²) >= 11 is 2.01. The Bertz CT molecular complexity index is 4680. The van der Waals surface area contributed by atoms with Crippen LogP contribution < -0.4 is 25.5 Å². The fourth-order valence-electron chi connectivity index (χ4n) is 14.2. The molecule has 0 unspecified atom stereocenters. The molecule has 0 bridgehead atoms. The molecule has 6 heteroatoms. The molecule has 0 fully saturated rings. The van der Waals surface area contributed by atoms with Gasteiger partial charge in [-0.15, -0.1) is 11.3 Å². The van der Waals surface area contributed by atoms with Crippen molar-refractivity contribution in [3.05, 3.63) is 223 Å². The average molecular weight is 1020 g/mol. The molecule has 0 saturated carbocycles. The second-order valence-corrected chi connectivity index (χ2v) is 25.8. The van der Waals surface area contributed by atoms with Crippen LogP contribution in [0.25, 0.3) is 75.8 Å². The van der Waals surface area contributed by atoms with E-state index in [4.69, 9.17) is 0 Å². The van der Waals surface area contributed by atoms with E-state index >= 15 is 0 Å². The number of fused-ring (bicyclic) bond motifs is 15. The van der Waals surface area contributed by atoms with Gasteiger partial charge in [0, 0.05) is 76.0 Å². The van der Waals surface area contributed by atoms with Crippen molar-refractivity contribution in [2.75, 3.05) is 9.80 Å². The summed E-state index contributed by atoms with van der Waals surface area (Å²) in [6.45, 7) is 16.8. The molecule has 3 aliphatic rings. The Labute approximate surface area is 460 Å². The number of anilines is 6. The number of hydrogen-bond acceptors (Lipinski definition) is 3. The highest BCUT2D eigenvalue weighted by atomic mass is 32.1. The Morgan fingerprint density at radius 2 is 1.19 bits per heavy atom. The zero-order valence-corrected chi connectivity index (χ0v) is 46.1. The van der Waals surface area contributed by atoms with Crippen molar-refractivity contribution in [1.29, 1.82) is 0 Å². The van der Waals surface area contributed by atoms with Gasteiger partial charge >= 0.3 is 0 Å². The molecule has 78 heavy (non-hydrogen) atoms. The molecule has 13 aromatic rings. The largest absolute Gasteiger partial charge is 0.310 e. The lowest BCUT2D eigenvalue weighted by Crippen LogP contribution is -2.59. The third kappa shape index (κ3) is 6.41. The summed E-state index contributed by atoms with van der Waals surface area (Å²) in [5.74, 6) is 0. The normalized spacial score (nSPS) is 15.2. The summed E-state index contributed by atoms with van der Waals surface area (Å²) in [6.07, 6.45) is 2.32. The average Bonchev–Trinajstić information content (AvgIpc) is 2.54. The first-order chi connectivity index (χ1) is 37.8. The van der Waals surface area contributed by atoms with Crippen LogP contribution in [0.15, 0.2) is 206 Å². The molecule has 0 saturated heterocycles. The summed E-state index contributed by atoms with van der Waals surface area (Å²) in [5, 5.41) is 8.82. The van der Waals surface area contributed by atoms with Crippen molar-refractivity contribution >= 4 is 132 Å². The molecule has 0 atom stereocenters. The van der Waals surface area contributed by atoms with E-state index in [0.29, 0.717) is 0 Å². The van der Waals surface area contributed by atoms with Crippen molar-refractivity contribution in [3.8, 4) is 11.4 Å². The summed E-state index contributed by atoms with van der Waals surface area (Å²) in [7, 11) is 0. The number of hydrogen-bond donors (Lipinski definition) is 0. The Balaban J connectivity index is 1.08. The number of rotatable bonds is 5. The number of benzene rings is 10. The molecule has 0 spiro atoms. The van der Waals surface area contributed by atoms with Gasteiger partial charge in [-0.25, -0.2) is 0 Å². The van der Waals surface area contributed by atoms with Crippen molar-refractivity contribution in [2.45, 2.75) is 77.6 Å². The Hall–Kier alpha value is -8.32. The predicted octanol–water partition coefficient (Wildman–Crippen LogP) is 18.0. The smallest absolute Gasteiger partial charge is 0.264 e. The SMILES string of the molecule is CC(C)(C)c1ccc2c3c(sc2c1)B1c2c(cc(N(c4ccccc4)c4ccc5ccccc5c4)cc2-n2c4ccc5c6ccccc6n(-c6ccccc6)c5c4c4cccc1c42)N3c1ccc2c(c1)C(C)(C)CCC2(C)C. The van der Waals surface area contributed by atoms with Crippen LogP contribution in [0.5, 0.6) is 0 Å². The first-order valence-corrected chi connectivity index (χ1v) is 28.7. The zero-order chi connectivity index (χ0) is 52.6. The van der Waals surface area contributed by atoms with Gasteiger partial charge in [0.25, 0.3) is 6.71 Å². The fraction of sp³-hybridized carbons (Fsp3) is 0.167. The topological polar surface area (TPSA) is 16.3 Å². The van der Waals surface area contributed by atoms with Crippen LogP contribution >= 0.6 is 11.3 Å². The standard InChI is InChI=1S/C72H59BN4S/c1-70(2,3)46-30-33-54-63(40-46)78-69-68(54)76(50-32-35-56-57(41-50)72(6,7)38-37-71(56,4)5)61-42-51(74(47-21-10-8-11-22-47)49-31-29-44-19-14-15-20-45(44)39-49)43-62-65(61)73(69)58-27-18-26-55-64-60(77(62)66(55)58)36-34-53-52-25-16-17-28-59(52)75(67(53)64)48-23-12-9-13-24-48/h8-36,39-43H,37-38H2,1-7H3. The van der Waals surface area contributed by atoms with E-state index in [1.54, 1.807) is 0 Å². The van der Waals surface area contributed by atoms with E-state index in [2.05, 4.69) is 274 Å². The summed E-state index contributed by atoms with van der Waals surface area (Å²) in [6, 6.07) is 78.7. The van der Waals surface area contributed by atoms with Gasteiger partial charge in [0.05, 0.1) is 27.9 Å². The molecule has 1 aliphatic carbocycles. The third-order valence-electron chi connectivity index (χ3n) is 18.2. The van der Waals surface area contributed by atoms with Gasteiger partial charge in [-0.3, -0.25) is 0 Å². The van der Waals surface area contributed by atoms with E-state index < -0.39 is 0 Å². The van der Waals surface area contributed by atoms with E-state index in [-0.39, 0.29) is 23.0 Å². The zero-order valence-electron chi connectivity index (χ0n) is 45.3. The lowest BCUT2D eigenvalue weighted by atomic mass is 9.36. The van der Waals surface area contributed by atoms with Crippen LogP contribution in [-0.4, -0.2) is 15.8 Å². The van der Waals surface area contributed by atoms with E-state index in [0.717, 1.165) is 29.2 Å². The van der Waals surface area contributed by atoms with Crippen molar-refractivity contribution in [2.24, 2.45) is 0 Å². The molecule has 3 aromatic heterocycles. The Morgan fingerprint density at radius 1 is 0.487 bits per heavy atom. The Kier molecular flexibility index (Phi) is 9.48. The molecular formula is C72H59BN4S. The van der Waals surface area contributed by atoms with Gasteiger partial charge in [0.15, 0.2) is 0 Å². The number of nitrogens with zero attached hydrogens (tertiary/aromatic N) is 4. The predicted molar refractivity (Wildman–Crippen MR) is 336 cm³/mol. The molecular weight excluding hydrogens is 964 g/mol. The van der Waals surface area contributed by atoms with Crippen molar-refractivity contribution < 1.29 is 0 Å². The lowest BCUT2D eigenvalue weighted by molar-refractivity contribution is 0.332. The second kappa shape index (κ2) is 16.1. The summed E-state index contributed by atoms with van der Waals surface area (Å²) in [4.78, 5) is 5.20. The highest BCUT2D eigenvalue weighted by Crippen LogP contribution is 2.53. The van der Waals surface area contributed by atoms with Crippen molar-refractivity contribution in [3.63, 3.8) is 0 Å². The van der Waals surface area contributed by atoms with Gasteiger partial charge in [-0.05, 0) is 146 Å². The lowest BCUT2D eigenvalue weighted by Gasteiger charge is -2.44. The summed E-state index contributed by atoms with van der Waals surface area (Å²) < 4.78 is 7.92. The molecule has 5 heterocycles. The van der Waals surface area contributed by atoms with Crippen molar-refractivity contribution in [1.82, 2.24) is 9.13 Å². The highest BCUT2D eigenvalue weighted by molar-refractivity contribution is 7.33. The molecule has 0 radical (unpaired) electrons. The maximum Gasteiger partial charge on any atom is 0.264 e. The molecule has 376 valence electrons. The fourth-order valence-corrected chi connectivity index (χ4v) is 15.6. The minimum atomic E-state index is -0.0272. The van der Waals surface area contributed by atoms with Crippen LogP contribution in [0.3, 0.4) is 0 Å². The van der Waals surface area contributed by atoms with Crippen LogP contribution in [0.2, 0.25) is 0 Å². The van der Waals surface area contributed by atoms with Gasteiger partial charge in [0.2, 0.25) is 0 Å². The quantitative estimate of drug-likeness (QED) is 0.160. The molecule has 0 N–H and O–H groups in total. The number of aromatic nitrogens is 2. The first kappa shape index (κ1) is 45.8. The Morgan fingerprint density at radius 3 is 2.00 bits per heavy atom. The minimum absolute atomic E-state index is 0.00509. The second-order valence-electron chi connectivity index (χ2n) is 24.8. The van der Waals surface area contributed by atoms with Crippen LogP contribution in [-0.2, 0) is 16.2 Å². The molecule has 0 amide bonds. The molecule has 16 rings (SSSR count). The van der Waals surface area contributed by atoms with Crippen LogP contribution in [0, 0.1) is 0 Å². The number of thiophene rings is 1. The van der Waals surface area contributed by atoms with Gasteiger partial charge in [-0.1, -0.05) is 176 Å². The minimum Gasteiger partial charge on any atom is -0.310 e. The van der Waals surface area contributed by atoms with E-state index in [9.17, 15) is 0 Å². The van der Waals surface area contributed by atoms with Gasteiger partial charge < -0.3 is 18.9 Å². The third-order valence-corrected chi connectivity index (χ3v) is 19.4. The first-order valence-electron chi connectivity index (χ1n) is 27.9. The number of para-hydroxylation sites is 4. The van der Waals surface area contributed by atoms with E-state index in [1.165, 1.54) is 126 Å². The monoisotopic (exact) mass is 1020 g/mol. The molecule has 10 aromatic carbocycles. The molecule has 2 aliphatic heterocycles. The van der Waals surface area contributed by atoms with Crippen LogP contribution in [0.4, 0.5) is 34.1 Å². The maximum atomic E-state index is 2.70. The molecule has 4 nitrogen and oxygen atoms in total. The van der Waals surface area contributed by atoms with Crippen LogP contribution in [0.1, 0.15) is 78.0 Å². The van der Waals surface area contributed by atoms with Gasteiger partial charge in [-0.2, -0.15) is 0 Å². The maximum absolute atomic E-state index is 2.70. The van der Waals surface area contributed by atoms with E-state index in [1.807, 2.05) is 11.3 Å². The summed E-state index contributed by atoms with van der Waals surface area (Å²) in [5.41, 5.74) is 21.5. The highest BCUT2D eigenvalue weighted by Gasteiger charge is 2.46. The van der Waals surface area contributed by atoms with Gasteiger partial charge in [0.1, 0.15) is 0 Å².